The molecule has 0 amide bonds. The van der Waals surface area contributed by atoms with Crippen molar-refractivity contribution in [3.8, 4) is 0 Å². The van der Waals surface area contributed by atoms with Gasteiger partial charge in [-0.2, -0.15) is 0 Å². The smallest absolute Gasteiger partial charge is 0.109 e. The number of thiazole rings is 1. The zero-order valence-electron chi connectivity index (χ0n) is 10.5. The quantitative estimate of drug-likeness (QED) is 0.814. The minimum atomic E-state index is 0.0415. The van der Waals surface area contributed by atoms with Crippen LogP contribution >= 0.6 is 11.3 Å². The Morgan fingerprint density at radius 2 is 2.41 bits per heavy atom. The van der Waals surface area contributed by atoms with E-state index in [-0.39, 0.29) is 6.04 Å². The lowest BCUT2D eigenvalue weighted by Crippen LogP contribution is -2.45. The first kappa shape index (κ1) is 13.0. The fourth-order valence-corrected chi connectivity index (χ4v) is 2.74. The molecule has 1 aliphatic carbocycles. The fraction of sp³-hybridized carbons (Fsp3) is 0.750. The molecule has 0 aromatic carbocycles. The van der Waals surface area contributed by atoms with Crippen LogP contribution in [0, 0.1) is 0 Å². The van der Waals surface area contributed by atoms with E-state index in [4.69, 9.17) is 10.5 Å². The van der Waals surface area contributed by atoms with Crippen molar-refractivity contribution < 1.29 is 4.74 Å². The Balaban J connectivity index is 1.68. The van der Waals surface area contributed by atoms with Gasteiger partial charge in [-0.25, -0.2) is 4.98 Å². The molecule has 5 heteroatoms. The maximum absolute atomic E-state index is 5.78. The maximum Gasteiger partial charge on any atom is 0.109 e. The summed E-state index contributed by atoms with van der Waals surface area (Å²) in [7, 11) is 0. The summed E-state index contributed by atoms with van der Waals surface area (Å²) in [6, 6.07) is 0.631. The molecule has 4 nitrogen and oxygen atoms in total. The van der Waals surface area contributed by atoms with Gasteiger partial charge in [0.25, 0.3) is 0 Å². The molecule has 1 heterocycles. The van der Waals surface area contributed by atoms with E-state index in [2.05, 4.69) is 15.7 Å². The van der Waals surface area contributed by atoms with Gasteiger partial charge in [0.2, 0.25) is 0 Å². The van der Waals surface area contributed by atoms with Crippen LogP contribution in [0.2, 0.25) is 0 Å². The van der Waals surface area contributed by atoms with E-state index < -0.39 is 0 Å². The van der Waals surface area contributed by atoms with Gasteiger partial charge in [0.05, 0.1) is 17.8 Å². The summed E-state index contributed by atoms with van der Waals surface area (Å²) >= 11 is 1.64. The SMILES string of the molecule is CCOC1CC(NCc2csc(C(C)N)n2)C1. The van der Waals surface area contributed by atoms with Crippen LogP contribution in [0.15, 0.2) is 5.38 Å². The predicted octanol–water partition coefficient (Wildman–Crippen LogP) is 1.82. The molecule has 3 N–H and O–H groups in total. The largest absolute Gasteiger partial charge is 0.378 e. The van der Waals surface area contributed by atoms with E-state index in [1.54, 1.807) is 11.3 Å². The Morgan fingerprint density at radius 1 is 1.65 bits per heavy atom. The van der Waals surface area contributed by atoms with Crippen molar-refractivity contribution in [2.24, 2.45) is 5.73 Å². The van der Waals surface area contributed by atoms with Crippen LogP contribution in [0.4, 0.5) is 0 Å². The Bertz CT molecular complexity index is 347. The van der Waals surface area contributed by atoms with Crippen molar-refractivity contribution in [1.82, 2.24) is 10.3 Å². The topological polar surface area (TPSA) is 60.2 Å². The Morgan fingerprint density at radius 3 is 3.00 bits per heavy atom. The van der Waals surface area contributed by atoms with E-state index in [0.717, 1.165) is 36.7 Å². The molecule has 2 rings (SSSR count). The summed E-state index contributed by atoms with van der Waals surface area (Å²) in [6.07, 6.45) is 2.71. The van der Waals surface area contributed by atoms with E-state index in [1.165, 1.54) is 0 Å². The first-order chi connectivity index (χ1) is 8.19. The summed E-state index contributed by atoms with van der Waals surface area (Å²) in [5, 5.41) is 6.60. The molecule has 96 valence electrons. The highest BCUT2D eigenvalue weighted by Gasteiger charge is 2.28. The van der Waals surface area contributed by atoms with Crippen LogP contribution < -0.4 is 11.1 Å². The number of ether oxygens (including phenoxy) is 1. The molecule has 0 bridgehead atoms. The molecular weight excluding hydrogens is 234 g/mol. The molecule has 1 fully saturated rings. The lowest BCUT2D eigenvalue weighted by Gasteiger charge is -2.35. The zero-order valence-corrected chi connectivity index (χ0v) is 11.3. The third-order valence-corrected chi connectivity index (χ3v) is 4.12. The van der Waals surface area contributed by atoms with E-state index in [0.29, 0.717) is 12.1 Å². The summed E-state index contributed by atoms with van der Waals surface area (Å²) in [4.78, 5) is 4.50. The van der Waals surface area contributed by atoms with Gasteiger partial charge in [-0.15, -0.1) is 11.3 Å². The molecule has 0 radical (unpaired) electrons. The van der Waals surface area contributed by atoms with E-state index >= 15 is 0 Å². The molecule has 0 saturated heterocycles. The summed E-state index contributed by atoms with van der Waals surface area (Å²) in [5.74, 6) is 0. The van der Waals surface area contributed by atoms with Crippen LogP contribution in [0.1, 0.15) is 43.4 Å². The predicted molar refractivity (Wildman–Crippen MR) is 70.0 cm³/mol. The van der Waals surface area contributed by atoms with Crippen LogP contribution in [-0.4, -0.2) is 23.7 Å². The Labute approximate surface area is 107 Å². The molecule has 1 aromatic rings. The van der Waals surface area contributed by atoms with Crippen LogP contribution in [0.3, 0.4) is 0 Å². The minimum absolute atomic E-state index is 0.0415. The Hall–Kier alpha value is -0.490. The van der Waals surface area contributed by atoms with Crippen molar-refractivity contribution >= 4 is 11.3 Å². The molecule has 1 saturated carbocycles. The lowest BCUT2D eigenvalue weighted by molar-refractivity contribution is -0.0103. The number of aromatic nitrogens is 1. The van der Waals surface area contributed by atoms with Gasteiger partial charge in [0, 0.05) is 24.6 Å². The highest BCUT2D eigenvalue weighted by atomic mass is 32.1. The molecule has 1 atom stereocenters. The number of rotatable bonds is 6. The molecular formula is C12H21N3OS. The minimum Gasteiger partial charge on any atom is -0.378 e. The van der Waals surface area contributed by atoms with Crippen molar-refractivity contribution in [2.75, 3.05) is 6.61 Å². The van der Waals surface area contributed by atoms with Gasteiger partial charge >= 0.3 is 0 Å². The van der Waals surface area contributed by atoms with Crippen molar-refractivity contribution in [3.63, 3.8) is 0 Å². The van der Waals surface area contributed by atoms with Crippen molar-refractivity contribution in [3.05, 3.63) is 16.1 Å². The zero-order chi connectivity index (χ0) is 12.3. The van der Waals surface area contributed by atoms with Gasteiger partial charge in [-0.1, -0.05) is 0 Å². The standard InChI is InChI=1S/C12H21N3OS/c1-3-16-11-4-9(5-11)14-6-10-7-17-12(15-10)8(2)13/h7-9,11,14H,3-6,13H2,1-2H3. The summed E-state index contributed by atoms with van der Waals surface area (Å²) in [6.45, 7) is 5.67. The average Bonchev–Trinajstić information content (AvgIpc) is 2.70. The molecule has 1 unspecified atom stereocenters. The average molecular weight is 255 g/mol. The van der Waals surface area contributed by atoms with Crippen LogP contribution in [0.5, 0.6) is 0 Å². The lowest BCUT2D eigenvalue weighted by atomic mass is 9.89. The first-order valence-corrected chi connectivity index (χ1v) is 7.11. The fourth-order valence-electron chi connectivity index (χ4n) is 1.97. The monoisotopic (exact) mass is 255 g/mol. The third kappa shape index (κ3) is 3.48. The van der Waals surface area contributed by atoms with Gasteiger partial charge in [0.15, 0.2) is 0 Å². The van der Waals surface area contributed by atoms with E-state index in [1.807, 2.05) is 13.8 Å². The van der Waals surface area contributed by atoms with Gasteiger partial charge in [-0.05, 0) is 26.7 Å². The number of nitrogens with one attached hydrogen (secondary N) is 1. The number of nitrogens with zero attached hydrogens (tertiary/aromatic N) is 1. The van der Waals surface area contributed by atoms with Crippen LogP contribution in [0.25, 0.3) is 0 Å². The highest BCUT2D eigenvalue weighted by Crippen LogP contribution is 2.24. The van der Waals surface area contributed by atoms with Crippen molar-refractivity contribution in [1.29, 1.82) is 0 Å². The second kappa shape index (κ2) is 5.91. The summed E-state index contributed by atoms with van der Waals surface area (Å²) in [5.41, 5.74) is 6.88. The summed E-state index contributed by atoms with van der Waals surface area (Å²) < 4.78 is 5.53. The van der Waals surface area contributed by atoms with Crippen LogP contribution in [-0.2, 0) is 11.3 Å². The number of hydrogen-bond acceptors (Lipinski definition) is 5. The van der Waals surface area contributed by atoms with Gasteiger partial charge < -0.3 is 15.8 Å². The maximum atomic E-state index is 5.78. The normalized spacial score (nSPS) is 25.6. The van der Waals surface area contributed by atoms with E-state index in [9.17, 15) is 0 Å². The highest BCUT2D eigenvalue weighted by molar-refractivity contribution is 7.09. The Kier molecular flexibility index (Phi) is 4.50. The molecule has 1 aliphatic rings. The molecule has 17 heavy (non-hydrogen) atoms. The first-order valence-electron chi connectivity index (χ1n) is 6.24. The molecule has 1 aromatic heterocycles. The number of nitrogens with two attached hydrogens (primary N) is 1. The second-order valence-corrected chi connectivity index (χ2v) is 5.48. The second-order valence-electron chi connectivity index (χ2n) is 4.59. The van der Waals surface area contributed by atoms with Gasteiger partial charge in [-0.3, -0.25) is 0 Å². The number of hydrogen-bond donors (Lipinski definition) is 2. The third-order valence-electron chi connectivity index (χ3n) is 3.03. The molecule has 0 spiro atoms. The van der Waals surface area contributed by atoms with Gasteiger partial charge in [0.1, 0.15) is 5.01 Å². The molecule has 0 aliphatic heterocycles. The van der Waals surface area contributed by atoms with Crippen molar-refractivity contribution in [2.45, 2.75) is 51.4 Å².